The number of carbonyl (C=O) groups excluding carboxylic acids is 1. The second kappa shape index (κ2) is 5.28. The third-order valence-electron chi connectivity index (χ3n) is 3.89. The van der Waals surface area contributed by atoms with Crippen molar-refractivity contribution in [3.05, 3.63) is 62.8 Å². The van der Waals surface area contributed by atoms with Crippen LogP contribution >= 0.6 is 0 Å². The zero-order valence-corrected chi connectivity index (χ0v) is 12.3. The van der Waals surface area contributed by atoms with Crippen LogP contribution in [0.1, 0.15) is 51.5 Å². The summed E-state index contributed by atoms with van der Waals surface area (Å²) in [6.45, 7) is 3.80. The van der Waals surface area contributed by atoms with Gasteiger partial charge in [-0.1, -0.05) is 6.07 Å². The minimum atomic E-state index is -0.207. The number of aromatic nitrogens is 2. The van der Waals surface area contributed by atoms with Gasteiger partial charge in [0.15, 0.2) is 5.78 Å². The molecular weight excluding hydrogens is 264 g/mol. The van der Waals surface area contributed by atoms with Gasteiger partial charge in [0.1, 0.15) is 5.69 Å². The van der Waals surface area contributed by atoms with E-state index in [9.17, 15) is 9.59 Å². The molecule has 2 aromatic heterocycles. The number of aromatic amines is 1. The first-order chi connectivity index (χ1) is 10.0. The topological polar surface area (TPSA) is 62.8 Å². The van der Waals surface area contributed by atoms with E-state index in [1.165, 1.54) is 18.4 Å². The average Bonchev–Trinajstić information content (AvgIpc) is 3.27. The summed E-state index contributed by atoms with van der Waals surface area (Å²) in [5, 5.41) is 0. The summed E-state index contributed by atoms with van der Waals surface area (Å²) >= 11 is 0. The zero-order valence-electron chi connectivity index (χ0n) is 12.3. The van der Waals surface area contributed by atoms with Crippen LogP contribution in [0, 0.1) is 13.8 Å². The van der Waals surface area contributed by atoms with E-state index in [1.807, 2.05) is 13.8 Å². The Kier molecular flexibility index (Phi) is 3.45. The third kappa shape index (κ3) is 2.94. The minimum absolute atomic E-state index is 0.0909. The van der Waals surface area contributed by atoms with E-state index in [-0.39, 0.29) is 17.8 Å². The Bertz CT molecular complexity index is 758. The maximum absolute atomic E-state index is 12.4. The van der Waals surface area contributed by atoms with Crippen LogP contribution < -0.4 is 5.56 Å². The number of hydrogen-bond donors (Lipinski definition) is 1. The number of ketones is 1. The van der Waals surface area contributed by atoms with Gasteiger partial charge < -0.3 is 4.98 Å². The van der Waals surface area contributed by atoms with Crippen molar-refractivity contribution in [2.75, 3.05) is 0 Å². The Morgan fingerprint density at radius 1 is 1.33 bits per heavy atom. The average molecular weight is 282 g/mol. The number of H-pyrrole nitrogens is 1. The number of nitrogens with one attached hydrogen (secondary N) is 1. The normalized spacial score (nSPS) is 14.2. The Labute approximate surface area is 123 Å². The molecule has 1 N–H and O–H groups in total. The summed E-state index contributed by atoms with van der Waals surface area (Å²) < 4.78 is 0. The van der Waals surface area contributed by atoms with Gasteiger partial charge in [0.2, 0.25) is 0 Å². The zero-order chi connectivity index (χ0) is 15.0. The summed E-state index contributed by atoms with van der Waals surface area (Å²) in [4.78, 5) is 31.1. The molecule has 108 valence electrons. The van der Waals surface area contributed by atoms with Gasteiger partial charge >= 0.3 is 0 Å². The largest absolute Gasteiger partial charge is 0.329 e. The molecule has 0 atom stereocenters. The van der Waals surface area contributed by atoms with Gasteiger partial charge in [-0.2, -0.15) is 0 Å². The lowest BCUT2D eigenvalue weighted by Gasteiger charge is -2.06. The fourth-order valence-corrected chi connectivity index (χ4v) is 2.57. The van der Waals surface area contributed by atoms with Crippen LogP contribution in [-0.2, 0) is 6.42 Å². The lowest BCUT2D eigenvalue weighted by Crippen LogP contribution is -2.17. The number of pyridine rings is 2. The summed E-state index contributed by atoms with van der Waals surface area (Å²) in [5.74, 6) is 0.519. The number of rotatable bonds is 4. The first-order valence-corrected chi connectivity index (χ1v) is 7.22. The molecule has 1 saturated carbocycles. The molecule has 0 spiro atoms. The van der Waals surface area contributed by atoms with Gasteiger partial charge in [0, 0.05) is 24.4 Å². The molecule has 0 saturated heterocycles. The highest BCUT2D eigenvalue weighted by Crippen LogP contribution is 2.40. The number of carbonyl (C=O) groups is 1. The first kappa shape index (κ1) is 13.7. The lowest BCUT2D eigenvalue weighted by atomic mass is 10.0. The van der Waals surface area contributed by atoms with Crippen molar-refractivity contribution in [3.63, 3.8) is 0 Å². The van der Waals surface area contributed by atoms with Gasteiger partial charge in [0.25, 0.3) is 5.56 Å². The molecule has 1 aliphatic rings. The van der Waals surface area contributed by atoms with Crippen LogP contribution in [-0.4, -0.2) is 15.8 Å². The molecule has 2 aromatic rings. The van der Waals surface area contributed by atoms with Crippen molar-refractivity contribution in [1.82, 2.24) is 9.97 Å². The highest BCUT2D eigenvalue weighted by molar-refractivity contribution is 5.97. The van der Waals surface area contributed by atoms with Crippen LogP contribution in [0.25, 0.3) is 0 Å². The fraction of sp³-hybridized carbons (Fsp3) is 0.353. The van der Waals surface area contributed by atoms with Crippen LogP contribution in [0.15, 0.2) is 29.3 Å². The Morgan fingerprint density at radius 3 is 2.76 bits per heavy atom. The van der Waals surface area contributed by atoms with E-state index in [2.05, 4.69) is 16.0 Å². The van der Waals surface area contributed by atoms with Gasteiger partial charge in [-0.15, -0.1) is 0 Å². The van der Waals surface area contributed by atoms with E-state index in [1.54, 1.807) is 18.5 Å². The fourth-order valence-electron chi connectivity index (χ4n) is 2.57. The molecule has 4 heteroatoms. The maximum atomic E-state index is 12.4. The van der Waals surface area contributed by atoms with E-state index in [0.717, 1.165) is 11.1 Å². The molecule has 0 aliphatic heterocycles. The minimum Gasteiger partial charge on any atom is -0.329 e. The second-order valence-corrected chi connectivity index (χ2v) is 5.84. The quantitative estimate of drug-likeness (QED) is 0.877. The highest BCUT2D eigenvalue weighted by atomic mass is 16.1. The van der Waals surface area contributed by atoms with Crippen LogP contribution in [0.5, 0.6) is 0 Å². The molecule has 1 aliphatic carbocycles. The molecule has 2 heterocycles. The molecule has 21 heavy (non-hydrogen) atoms. The Balaban J connectivity index is 1.85. The number of aryl methyl sites for hydroxylation is 2. The van der Waals surface area contributed by atoms with E-state index in [4.69, 9.17) is 0 Å². The van der Waals surface area contributed by atoms with Crippen molar-refractivity contribution in [2.24, 2.45) is 0 Å². The number of nitrogens with zero attached hydrogens (tertiary/aromatic N) is 1. The summed E-state index contributed by atoms with van der Waals surface area (Å²) in [5.41, 5.74) is 3.81. The summed E-state index contributed by atoms with van der Waals surface area (Å²) in [6.07, 6.45) is 5.97. The Morgan fingerprint density at radius 2 is 2.10 bits per heavy atom. The number of hydrogen-bond acceptors (Lipinski definition) is 3. The van der Waals surface area contributed by atoms with E-state index < -0.39 is 0 Å². The van der Waals surface area contributed by atoms with Crippen molar-refractivity contribution in [1.29, 1.82) is 0 Å². The van der Waals surface area contributed by atoms with Crippen molar-refractivity contribution < 1.29 is 4.79 Å². The smallest absolute Gasteiger partial charge is 0.251 e. The van der Waals surface area contributed by atoms with E-state index in [0.29, 0.717) is 17.2 Å². The van der Waals surface area contributed by atoms with Crippen molar-refractivity contribution in [3.8, 4) is 0 Å². The van der Waals surface area contributed by atoms with Gasteiger partial charge in [-0.3, -0.25) is 14.6 Å². The molecule has 0 amide bonds. The molecule has 3 rings (SSSR count). The van der Waals surface area contributed by atoms with Crippen LogP contribution in [0.3, 0.4) is 0 Å². The standard InChI is InChI=1S/C17H18N2O2/c1-10-5-13(17(21)19-8-10)7-15(20)16-11(2)6-14(9-18-16)12-3-4-12/h5-6,8-9,12H,3-4,7H2,1-2H3,(H,19,21). The molecular formula is C17H18N2O2. The molecule has 0 radical (unpaired) electrons. The SMILES string of the molecule is Cc1c[nH]c(=O)c(CC(=O)c2ncc(C3CC3)cc2C)c1. The monoisotopic (exact) mass is 282 g/mol. The van der Waals surface area contributed by atoms with E-state index >= 15 is 0 Å². The predicted octanol–water partition coefficient (Wildman–Crippen LogP) is 2.69. The molecule has 4 nitrogen and oxygen atoms in total. The van der Waals surface area contributed by atoms with Crippen molar-refractivity contribution >= 4 is 5.78 Å². The first-order valence-electron chi connectivity index (χ1n) is 7.22. The number of Topliss-reactive ketones (excluding diaryl/α,β-unsaturated/α-hetero) is 1. The van der Waals surface area contributed by atoms with Gasteiger partial charge in [0.05, 0.1) is 0 Å². The molecule has 1 fully saturated rings. The summed E-state index contributed by atoms with van der Waals surface area (Å²) in [6, 6.07) is 3.81. The maximum Gasteiger partial charge on any atom is 0.251 e. The van der Waals surface area contributed by atoms with Crippen LogP contribution in [0.4, 0.5) is 0 Å². The summed E-state index contributed by atoms with van der Waals surface area (Å²) in [7, 11) is 0. The lowest BCUT2D eigenvalue weighted by molar-refractivity contribution is 0.0987. The van der Waals surface area contributed by atoms with Crippen molar-refractivity contribution in [2.45, 2.75) is 39.0 Å². The predicted molar refractivity (Wildman–Crippen MR) is 80.8 cm³/mol. The molecule has 0 unspecified atom stereocenters. The molecule has 0 aromatic carbocycles. The molecule has 0 bridgehead atoms. The third-order valence-corrected chi connectivity index (χ3v) is 3.89. The van der Waals surface area contributed by atoms with Gasteiger partial charge in [-0.25, -0.2) is 0 Å². The Hall–Kier alpha value is -2.23. The van der Waals surface area contributed by atoms with Crippen LogP contribution in [0.2, 0.25) is 0 Å². The van der Waals surface area contributed by atoms with Gasteiger partial charge in [-0.05, 0) is 55.4 Å². The second-order valence-electron chi connectivity index (χ2n) is 5.84. The highest BCUT2D eigenvalue weighted by Gasteiger charge is 2.25.